The van der Waals surface area contributed by atoms with Crippen LogP contribution >= 0.6 is 11.6 Å². The highest BCUT2D eigenvalue weighted by molar-refractivity contribution is 7.95. The molecule has 0 saturated carbocycles. The van der Waals surface area contributed by atoms with Crippen LogP contribution in [0.2, 0.25) is 5.02 Å². The molecular weight excluding hydrogens is 446 g/mol. The van der Waals surface area contributed by atoms with Crippen LogP contribution in [0.1, 0.15) is 22.3 Å². The number of ether oxygens (including phenoxy) is 2. The van der Waals surface area contributed by atoms with Crippen LogP contribution in [-0.2, 0) is 16.4 Å². The Morgan fingerprint density at radius 1 is 1.06 bits per heavy atom. The molecule has 3 rings (SSSR count). The molecule has 3 aromatic rings. The average molecular weight is 468 g/mol. The third-order valence-electron chi connectivity index (χ3n) is 4.70. The maximum Gasteiger partial charge on any atom is 0.216 e. The van der Waals surface area contributed by atoms with Crippen molar-refractivity contribution in [3.8, 4) is 17.6 Å². The summed E-state index contributed by atoms with van der Waals surface area (Å²) in [5.74, 6) is 0.789. The second-order valence-corrected chi connectivity index (χ2v) is 9.60. The zero-order chi connectivity index (χ0) is 23.3. The maximum absolute atomic E-state index is 13.0. The summed E-state index contributed by atoms with van der Waals surface area (Å²) in [5, 5.41) is 10.0. The number of halogens is 1. The van der Waals surface area contributed by atoms with Gasteiger partial charge < -0.3 is 9.47 Å². The molecule has 32 heavy (non-hydrogen) atoms. The molecule has 0 amide bonds. The second-order valence-electron chi connectivity index (χ2n) is 7.24. The first-order chi connectivity index (χ1) is 15.2. The molecular formula is C25H22ClNO4S. The van der Waals surface area contributed by atoms with Gasteiger partial charge in [0.05, 0.1) is 12.0 Å². The van der Waals surface area contributed by atoms with Gasteiger partial charge >= 0.3 is 0 Å². The van der Waals surface area contributed by atoms with Gasteiger partial charge in [-0.25, -0.2) is 8.42 Å². The fourth-order valence-corrected chi connectivity index (χ4v) is 4.60. The topological polar surface area (TPSA) is 76.4 Å². The van der Waals surface area contributed by atoms with Crippen LogP contribution in [0.15, 0.2) is 70.5 Å². The van der Waals surface area contributed by atoms with Crippen LogP contribution in [0.4, 0.5) is 0 Å². The number of allylic oxidation sites excluding steroid dienone is 1. The zero-order valence-electron chi connectivity index (χ0n) is 17.9. The lowest BCUT2D eigenvalue weighted by Gasteiger charge is -2.14. The first-order valence-corrected chi connectivity index (χ1v) is 11.6. The van der Waals surface area contributed by atoms with Crippen molar-refractivity contribution < 1.29 is 17.9 Å². The van der Waals surface area contributed by atoms with Crippen molar-refractivity contribution in [1.29, 1.82) is 5.26 Å². The van der Waals surface area contributed by atoms with Crippen molar-refractivity contribution >= 4 is 27.5 Å². The van der Waals surface area contributed by atoms with E-state index in [2.05, 4.69) is 6.07 Å². The van der Waals surface area contributed by atoms with E-state index in [4.69, 9.17) is 21.1 Å². The van der Waals surface area contributed by atoms with Gasteiger partial charge in [0.2, 0.25) is 9.84 Å². The van der Waals surface area contributed by atoms with E-state index in [9.17, 15) is 13.7 Å². The summed E-state index contributed by atoms with van der Waals surface area (Å²) in [6.07, 6.45) is 1.29. The molecule has 0 radical (unpaired) electrons. The van der Waals surface area contributed by atoms with Crippen molar-refractivity contribution in [2.24, 2.45) is 0 Å². The molecule has 0 aliphatic rings. The Morgan fingerprint density at radius 3 is 2.31 bits per heavy atom. The third kappa shape index (κ3) is 5.31. The number of hydrogen-bond acceptors (Lipinski definition) is 5. The summed E-state index contributed by atoms with van der Waals surface area (Å²) >= 11 is 5.86. The van der Waals surface area contributed by atoms with E-state index in [1.54, 1.807) is 24.3 Å². The maximum atomic E-state index is 13.0. The van der Waals surface area contributed by atoms with Gasteiger partial charge in [0, 0.05) is 10.6 Å². The standard InChI is InChI=1S/C25H22ClNO4S/c1-17-11-18(2)13-19(12-17)16-31-25-20(5-4-6-24(25)30-3)14-23(15-27)32(28,29)22-9-7-21(26)8-10-22/h4-14H,16H2,1-3H3. The average Bonchev–Trinajstić information content (AvgIpc) is 2.75. The quantitative estimate of drug-likeness (QED) is 0.405. The van der Waals surface area contributed by atoms with Gasteiger partial charge in [-0.3, -0.25) is 0 Å². The Bertz CT molecular complexity index is 1290. The van der Waals surface area contributed by atoms with Crippen LogP contribution < -0.4 is 9.47 Å². The summed E-state index contributed by atoms with van der Waals surface area (Å²) in [7, 11) is -2.53. The summed E-state index contributed by atoms with van der Waals surface area (Å²) in [5.41, 5.74) is 3.62. The molecule has 0 saturated heterocycles. The van der Waals surface area contributed by atoms with Crippen molar-refractivity contribution in [3.63, 3.8) is 0 Å². The second kappa shape index (κ2) is 9.90. The van der Waals surface area contributed by atoms with Gasteiger partial charge in [-0.05, 0) is 55.8 Å². The van der Waals surface area contributed by atoms with Gasteiger partial charge in [-0.15, -0.1) is 0 Å². The lowest BCUT2D eigenvalue weighted by atomic mass is 10.1. The summed E-state index contributed by atoms with van der Waals surface area (Å²) < 4.78 is 37.4. The number of sulfone groups is 1. The Labute approximate surface area is 193 Å². The smallest absolute Gasteiger partial charge is 0.216 e. The third-order valence-corrected chi connectivity index (χ3v) is 6.64. The molecule has 3 aromatic carbocycles. The Morgan fingerprint density at radius 2 is 1.72 bits per heavy atom. The molecule has 0 fully saturated rings. The van der Waals surface area contributed by atoms with Crippen LogP contribution in [0.3, 0.4) is 0 Å². The molecule has 0 aliphatic carbocycles. The molecule has 5 nitrogen and oxygen atoms in total. The molecule has 7 heteroatoms. The molecule has 0 heterocycles. The lowest BCUT2D eigenvalue weighted by molar-refractivity contribution is 0.284. The lowest BCUT2D eigenvalue weighted by Crippen LogP contribution is -2.04. The minimum atomic E-state index is -4.04. The number of benzene rings is 3. The van der Waals surface area contributed by atoms with E-state index in [1.165, 1.54) is 37.5 Å². The number of methoxy groups -OCH3 is 1. The normalized spacial score (nSPS) is 11.7. The molecule has 0 unspecified atom stereocenters. The van der Waals surface area contributed by atoms with Gasteiger partial charge in [0.1, 0.15) is 17.6 Å². The van der Waals surface area contributed by atoms with Crippen molar-refractivity contribution in [3.05, 3.63) is 92.8 Å². The van der Waals surface area contributed by atoms with Crippen LogP contribution in [0, 0.1) is 25.2 Å². The van der Waals surface area contributed by atoms with E-state index in [0.29, 0.717) is 22.1 Å². The Kier molecular flexibility index (Phi) is 7.24. The molecule has 0 aliphatic heterocycles. The fourth-order valence-electron chi connectivity index (χ4n) is 3.32. The van der Waals surface area contributed by atoms with Crippen LogP contribution in [0.5, 0.6) is 11.5 Å². The van der Waals surface area contributed by atoms with Crippen molar-refractivity contribution in [2.75, 3.05) is 7.11 Å². The summed E-state index contributed by atoms with van der Waals surface area (Å²) in [4.78, 5) is -0.431. The summed E-state index contributed by atoms with van der Waals surface area (Å²) in [6, 6.07) is 18.7. The number of nitriles is 1. The Balaban J connectivity index is 2.02. The van der Waals surface area contributed by atoms with Gasteiger partial charge in [-0.1, -0.05) is 53.1 Å². The van der Waals surface area contributed by atoms with Crippen molar-refractivity contribution in [2.45, 2.75) is 25.3 Å². The van der Waals surface area contributed by atoms with E-state index in [-0.39, 0.29) is 11.5 Å². The molecule has 0 atom stereocenters. The first kappa shape index (κ1) is 23.4. The number of para-hydroxylation sites is 1. The van der Waals surface area contributed by atoms with E-state index >= 15 is 0 Å². The van der Waals surface area contributed by atoms with Crippen molar-refractivity contribution in [1.82, 2.24) is 0 Å². The summed E-state index contributed by atoms with van der Waals surface area (Å²) in [6.45, 7) is 4.28. The van der Waals surface area contributed by atoms with Gasteiger partial charge in [0.15, 0.2) is 11.5 Å². The highest BCUT2D eigenvalue weighted by atomic mass is 35.5. The minimum absolute atomic E-state index is 0.0182. The highest BCUT2D eigenvalue weighted by Crippen LogP contribution is 2.34. The van der Waals surface area contributed by atoms with E-state index < -0.39 is 14.7 Å². The Hall–Kier alpha value is -3.27. The number of rotatable bonds is 7. The monoisotopic (exact) mass is 467 g/mol. The fraction of sp³-hybridized carbons (Fsp3) is 0.160. The van der Waals surface area contributed by atoms with Crippen LogP contribution in [-0.4, -0.2) is 15.5 Å². The minimum Gasteiger partial charge on any atom is -0.493 e. The number of hydrogen-bond donors (Lipinski definition) is 0. The predicted molar refractivity (Wildman–Crippen MR) is 125 cm³/mol. The SMILES string of the molecule is COc1cccc(C=C(C#N)S(=O)(=O)c2ccc(Cl)cc2)c1OCc1cc(C)cc(C)c1. The van der Waals surface area contributed by atoms with Gasteiger partial charge in [0.25, 0.3) is 0 Å². The molecule has 0 N–H and O–H groups in total. The molecule has 0 aromatic heterocycles. The van der Waals surface area contributed by atoms with Crippen LogP contribution in [0.25, 0.3) is 6.08 Å². The number of aryl methyl sites for hydroxylation is 2. The molecule has 0 spiro atoms. The largest absolute Gasteiger partial charge is 0.493 e. The predicted octanol–water partition coefficient (Wildman–Crippen LogP) is 5.88. The van der Waals surface area contributed by atoms with E-state index in [0.717, 1.165) is 16.7 Å². The zero-order valence-corrected chi connectivity index (χ0v) is 19.5. The highest BCUT2D eigenvalue weighted by Gasteiger charge is 2.22. The van der Waals surface area contributed by atoms with Gasteiger partial charge in [-0.2, -0.15) is 5.26 Å². The molecule has 164 valence electrons. The first-order valence-electron chi connectivity index (χ1n) is 9.74. The number of nitrogens with zero attached hydrogens (tertiary/aromatic N) is 1. The van der Waals surface area contributed by atoms with E-state index in [1.807, 2.05) is 26.0 Å². The molecule has 0 bridgehead atoms.